The van der Waals surface area contributed by atoms with E-state index < -0.39 is 0 Å². The van der Waals surface area contributed by atoms with Gasteiger partial charge >= 0.3 is 0 Å². The highest BCUT2D eigenvalue weighted by molar-refractivity contribution is 4.97. The number of hydrogen-bond donors (Lipinski definition) is 1. The predicted octanol–water partition coefficient (Wildman–Crippen LogP) is 2.08. The van der Waals surface area contributed by atoms with Gasteiger partial charge in [-0.05, 0) is 64.7 Å². The summed E-state index contributed by atoms with van der Waals surface area (Å²) in [6.45, 7) is 10.2. The molecule has 110 valence electrons. The maximum absolute atomic E-state index is 3.84. The van der Waals surface area contributed by atoms with E-state index in [1.54, 1.807) is 0 Å². The minimum atomic E-state index is 0.447. The van der Waals surface area contributed by atoms with Crippen LogP contribution in [-0.2, 0) is 0 Å². The minimum Gasteiger partial charge on any atom is -0.310 e. The highest BCUT2D eigenvalue weighted by Crippen LogP contribution is 2.28. The summed E-state index contributed by atoms with van der Waals surface area (Å²) in [5, 5.41) is 3.84. The van der Waals surface area contributed by atoms with E-state index in [1.165, 1.54) is 84.2 Å². The maximum Gasteiger partial charge on any atom is 0.0309 e. The van der Waals surface area contributed by atoms with Crippen molar-refractivity contribution < 1.29 is 0 Å². The summed E-state index contributed by atoms with van der Waals surface area (Å²) in [4.78, 5) is 5.53. The first-order chi connectivity index (χ1) is 9.31. The molecule has 3 nitrogen and oxygen atoms in total. The van der Waals surface area contributed by atoms with E-state index in [2.05, 4.69) is 22.0 Å². The highest BCUT2D eigenvalue weighted by Gasteiger charge is 2.36. The van der Waals surface area contributed by atoms with Crippen molar-refractivity contribution in [1.29, 1.82) is 0 Å². The SMILES string of the molecule is CCCC1(CN2CCCN3CCCC3C2)CCCN1. The Labute approximate surface area is 118 Å². The average Bonchev–Trinajstić information content (AvgIpc) is 2.97. The second-order valence-corrected chi connectivity index (χ2v) is 6.98. The van der Waals surface area contributed by atoms with Gasteiger partial charge in [0.05, 0.1) is 0 Å². The molecule has 0 amide bonds. The van der Waals surface area contributed by atoms with Crippen LogP contribution in [0.15, 0.2) is 0 Å². The van der Waals surface area contributed by atoms with Gasteiger partial charge in [0.1, 0.15) is 0 Å². The summed E-state index contributed by atoms with van der Waals surface area (Å²) in [7, 11) is 0. The normalized spacial score (nSPS) is 37.4. The molecule has 0 aromatic heterocycles. The molecule has 19 heavy (non-hydrogen) atoms. The van der Waals surface area contributed by atoms with Crippen LogP contribution in [0, 0.1) is 0 Å². The lowest BCUT2D eigenvalue weighted by Gasteiger charge is -2.36. The third-order valence-corrected chi connectivity index (χ3v) is 5.47. The third kappa shape index (κ3) is 3.14. The molecular weight excluding hydrogens is 234 g/mol. The van der Waals surface area contributed by atoms with Crippen LogP contribution in [0.3, 0.4) is 0 Å². The molecule has 3 fully saturated rings. The van der Waals surface area contributed by atoms with E-state index in [-0.39, 0.29) is 0 Å². The van der Waals surface area contributed by atoms with Crippen LogP contribution >= 0.6 is 0 Å². The van der Waals surface area contributed by atoms with Crippen molar-refractivity contribution in [2.24, 2.45) is 0 Å². The monoisotopic (exact) mass is 265 g/mol. The number of hydrogen-bond acceptors (Lipinski definition) is 3. The fraction of sp³-hybridized carbons (Fsp3) is 1.00. The highest BCUT2D eigenvalue weighted by atomic mass is 15.3. The Balaban J connectivity index is 1.61. The van der Waals surface area contributed by atoms with Gasteiger partial charge in [-0.25, -0.2) is 0 Å². The van der Waals surface area contributed by atoms with Crippen LogP contribution in [0.2, 0.25) is 0 Å². The van der Waals surface area contributed by atoms with Gasteiger partial charge in [0.15, 0.2) is 0 Å². The summed E-state index contributed by atoms with van der Waals surface area (Å²) >= 11 is 0. The molecule has 3 heteroatoms. The first kappa shape index (κ1) is 13.8. The summed E-state index contributed by atoms with van der Waals surface area (Å²) in [6, 6.07) is 0.863. The molecule has 0 saturated carbocycles. The zero-order valence-corrected chi connectivity index (χ0v) is 12.7. The van der Waals surface area contributed by atoms with Crippen LogP contribution in [0.4, 0.5) is 0 Å². The van der Waals surface area contributed by atoms with Crippen LogP contribution in [0.25, 0.3) is 0 Å². The lowest BCUT2D eigenvalue weighted by atomic mass is 9.91. The van der Waals surface area contributed by atoms with Gasteiger partial charge in [-0.3, -0.25) is 9.80 Å². The number of nitrogens with one attached hydrogen (secondary N) is 1. The van der Waals surface area contributed by atoms with Gasteiger partial charge < -0.3 is 5.32 Å². The fourth-order valence-electron chi connectivity index (χ4n) is 4.63. The van der Waals surface area contributed by atoms with E-state index in [9.17, 15) is 0 Å². The molecule has 3 aliphatic heterocycles. The molecule has 3 rings (SSSR count). The zero-order chi connectivity index (χ0) is 13.1. The fourth-order valence-corrected chi connectivity index (χ4v) is 4.63. The minimum absolute atomic E-state index is 0.447. The van der Waals surface area contributed by atoms with Crippen LogP contribution in [-0.4, -0.2) is 60.6 Å². The molecule has 3 saturated heterocycles. The Morgan fingerprint density at radius 3 is 2.84 bits per heavy atom. The number of fused-ring (bicyclic) bond motifs is 1. The first-order valence-corrected chi connectivity index (χ1v) is 8.53. The molecule has 0 bridgehead atoms. The van der Waals surface area contributed by atoms with Crippen molar-refractivity contribution in [2.45, 2.75) is 63.5 Å². The second-order valence-electron chi connectivity index (χ2n) is 6.98. The zero-order valence-electron chi connectivity index (χ0n) is 12.7. The van der Waals surface area contributed by atoms with E-state index in [1.807, 2.05) is 0 Å². The Bertz CT molecular complexity index is 286. The lowest BCUT2D eigenvalue weighted by Crippen LogP contribution is -2.51. The molecule has 0 aromatic rings. The Morgan fingerprint density at radius 2 is 2.05 bits per heavy atom. The van der Waals surface area contributed by atoms with Crippen molar-refractivity contribution in [3.63, 3.8) is 0 Å². The molecule has 0 aromatic carbocycles. The number of nitrogens with zero attached hydrogens (tertiary/aromatic N) is 2. The molecule has 3 heterocycles. The number of rotatable bonds is 4. The summed E-state index contributed by atoms with van der Waals surface area (Å²) in [5.41, 5.74) is 0.447. The topological polar surface area (TPSA) is 18.5 Å². The Morgan fingerprint density at radius 1 is 1.16 bits per heavy atom. The van der Waals surface area contributed by atoms with Gasteiger partial charge in [0.2, 0.25) is 0 Å². The van der Waals surface area contributed by atoms with E-state index in [0.717, 1.165) is 6.04 Å². The molecule has 2 atom stereocenters. The van der Waals surface area contributed by atoms with Gasteiger partial charge in [0, 0.05) is 24.7 Å². The molecule has 0 spiro atoms. The first-order valence-electron chi connectivity index (χ1n) is 8.53. The predicted molar refractivity (Wildman–Crippen MR) is 80.5 cm³/mol. The molecule has 0 aliphatic carbocycles. The average molecular weight is 265 g/mol. The summed E-state index contributed by atoms with van der Waals surface area (Å²) in [5.74, 6) is 0. The van der Waals surface area contributed by atoms with Gasteiger partial charge in [-0.1, -0.05) is 13.3 Å². The van der Waals surface area contributed by atoms with Crippen molar-refractivity contribution >= 4 is 0 Å². The Hall–Kier alpha value is -0.120. The molecule has 2 unspecified atom stereocenters. The van der Waals surface area contributed by atoms with E-state index in [0.29, 0.717) is 5.54 Å². The van der Waals surface area contributed by atoms with Crippen LogP contribution < -0.4 is 5.32 Å². The third-order valence-electron chi connectivity index (χ3n) is 5.47. The smallest absolute Gasteiger partial charge is 0.0309 e. The van der Waals surface area contributed by atoms with E-state index in [4.69, 9.17) is 0 Å². The summed E-state index contributed by atoms with van der Waals surface area (Å²) in [6.07, 6.45) is 9.68. The van der Waals surface area contributed by atoms with Gasteiger partial charge in [-0.2, -0.15) is 0 Å². The van der Waals surface area contributed by atoms with Gasteiger partial charge in [0.25, 0.3) is 0 Å². The molecular formula is C16H31N3. The van der Waals surface area contributed by atoms with Crippen LogP contribution in [0.1, 0.15) is 51.9 Å². The maximum atomic E-state index is 3.84. The van der Waals surface area contributed by atoms with E-state index >= 15 is 0 Å². The largest absolute Gasteiger partial charge is 0.310 e. The second kappa shape index (κ2) is 6.11. The molecule has 0 radical (unpaired) electrons. The van der Waals surface area contributed by atoms with Crippen molar-refractivity contribution in [1.82, 2.24) is 15.1 Å². The molecule has 1 N–H and O–H groups in total. The van der Waals surface area contributed by atoms with Crippen molar-refractivity contribution in [2.75, 3.05) is 39.3 Å². The van der Waals surface area contributed by atoms with Gasteiger partial charge in [-0.15, -0.1) is 0 Å². The van der Waals surface area contributed by atoms with Crippen LogP contribution in [0.5, 0.6) is 0 Å². The molecule has 3 aliphatic rings. The lowest BCUT2D eigenvalue weighted by molar-refractivity contribution is 0.166. The standard InChI is InChI=1S/C16H31N3/c1-2-7-16(8-4-9-17-16)14-18-10-5-12-19-11-3-6-15(19)13-18/h15,17H,2-14H2,1H3. The summed E-state index contributed by atoms with van der Waals surface area (Å²) < 4.78 is 0. The van der Waals surface area contributed by atoms with Crippen molar-refractivity contribution in [3.8, 4) is 0 Å². The Kier molecular flexibility index (Phi) is 4.45. The quantitative estimate of drug-likeness (QED) is 0.839. The van der Waals surface area contributed by atoms with Crippen molar-refractivity contribution in [3.05, 3.63) is 0 Å².